The summed E-state index contributed by atoms with van der Waals surface area (Å²) in [6.07, 6.45) is -4.18. The first kappa shape index (κ1) is 16.5. The molecule has 0 saturated heterocycles. The van der Waals surface area contributed by atoms with E-state index < -0.39 is 31.3 Å². The Morgan fingerprint density at radius 2 is 1.95 bits per heavy atom. The summed E-state index contributed by atoms with van der Waals surface area (Å²) in [4.78, 5) is 11.5. The lowest BCUT2D eigenvalue weighted by molar-refractivity contribution is -0.175. The van der Waals surface area contributed by atoms with E-state index in [4.69, 9.17) is 5.11 Å². The van der Waals surface area contributed by atoms with Crippen LogP contribution in [0.25, 0.3) is 0 Å². The Hall–Kier alpha value is -1.60. The molecule has 1 aromatic carbocycles. The Balaban J connectivity index is 2.48. The summed E-state index contributed by atoms with van der Waals surface area (Å²) < 4.78 is 39.9. The van der Waals surface area contributed by atoms with Gasteiger partial charge in [0, 0.05) is 6.61 Å². The quantitative estimate of drug-likeness (QED) is 0.805. The van der Waals surface area contributed by atoms with E-state index in [0.717, 1.165) is 5.56 Å². The van der Waals surface area contributed by atoms with E-state index in [1.54, 1.807) is 30.3 Å². The summed E-state index contributed by atoms with van der Waals surface area (Å²) in [6.45, 7) is -2.28. The van der Waals surface area contributed by atoms with Gasteiger partial charge in [-0.1, -0.05) is 30.3 Å². The first-order chi connectivity index (χ1) is 9.42. The molecule has 0 aliphatic rings. The monoisotopic (exact) mass is 291 g/mol. The molecule has 1 atom stereocenters. The third-order valence-corrected chi connectivity index (χ3v) is 2.45. The molecule has 0 heterocycles. The number of ether oxygens (including phenoxy) is 1. The number of nitrogens with one attached hydrogen (secondary N) is 1. The molecule has 0 aliphatic heterocycles. The standard InChI is InChI=1S/C13H16F3NO3/c14-13(15,16)9-20-8-12(19)17-11(6-7-18)10-4-2-1-3-5-10/h1-5,11,18H,6-9H2,(H,17,19). The number of carbonyl (C=O) groups excluding carboxylic acids is 1. The van der Waals surface area contributed by atoms with E-state index in [2.05, 4.69) is 10.1 Å². The second-order valence-corrected chi connectivity index (χ2v) is 4.15. The summed E-state index contributed by atoms with van der Waals surface area (Å²) >= 11 is 0. The number of amides is 1. The molecule has 0 bridgehead atoms. The summed E-state index contributed by atoms with van der Waals surface area (Å²) in [6, 6.07) is 8.41. The van der Waals surface area contributed by atoms with Gasteiger partial charge in [-0.05, 0) is 12.0 Å². The van der Waals surface area contributed by atoms with Crippen LogP contribution in [0, 0.1) is 0 Å². The van der Waals surface area contributed by atoms with Gasteiger partial charge in [0.2, 0.25) is 5.91 Å². The van der Waals surface area contributed by atoms with Crippen molar-refractivity contribution >= 4 is 5.91 Å². The molecule has 112 valence electrons. The van der Waals surface area contributed by atoms with E-state index in [1.165, 1.54) is 0 Å². The van der Waals surface area contributed by atoms with Crippen molar-refractivity contribution in [3.05, 3.63) is 35.9 Å². The number of rotatable bonds is 7. The van der Waals surface area contributed by atoms with Crippen LogP contribution in [-0.4, -0.2) is 37.0 Å². The van der Waals surface area contributed by atoms with Crippen molar-refractivity contribution in [2.45, 2.75) is 18.6 Å². The van der Waals surface area contributed by atoms with Crippen molar-refractivity contribution < 1.29 is 27.8 Å². The summed E-state index contributed by atoms with van der Waals surface area (Å²) in [5, 5.41) is 11.5. The maximum Gasteiger partial charge on any atom is 0.411 e. The highest BCUT2D eigenvalue weighted by molar-refractivity contribution is 5.77. The van der Waals surface area contributed by atoms with E-state index in [1.807, 2.05) is 0 Å². The third kappa shape index (κ3) is 6.53. The Morgan fingerprint density at radius 3 is 2.50 bits per heavy atom. The molecule has 20 heavy (non-hydrogen) atoms. The van der Waals surface area contributed by atoms with E-state index in [0.29, 0.717) is 0 Å². The molecule has 7 heteroatoms. The molecule has 1 aromatic rings. The molecular weight excluding hydrogens is 275 g/mol. The van der Waals surface area contributed by atoms with Crippen LogP contribution in [0.4, 0.5) is 13.2 Å². The molecule has 2 N–H and O–H groups in total. The Morgan fingerprint density at radius 1 is 1.30 bits per heavy atom. The second kappa shape index (κ2) is 7.86. The van der Waals surface area contributed by atoms with Crippen molar-refractivity contribution in [3.8, 4) is 0 Å². The minimum atomic E-state index is -4.45. The number of aliphatic hydroxyl groups excluding tert-OH is 1. The topological polar surface area (TPSA) is 58.6 Å². The number of benzene rings is 1. The van der Waals surface area contributed by atoms with Gasteiger partial charge in [-0.2, -0.15) is 13.2 Å². The molecule has 1 unspecified atom stereocenters. The molecule has 0 aliphatic carbocycles. The van der Waals surface area contributed by atoms with Crippen molar-refractivity contribution in [3.63, 3.8) is 0 Å². The molecule has 4 nitrogen and oxygen atoms in total. The zero-order valence-electron chi connectivity index (χ0n) is 10.7. The number of carbonyl (C=O) groups is 1. The summed E-state index contributed by atoms with van der Waals surface area (Å²) in [5.41, 5.74) is 0.769. The molecule has 0 fully saturated rings. The first-order valence-corrected chi connectivity index (χ1v) is 6.02. The van der Waals surface area contributed by atoms with Gasteiger partial charge in [0.05, 0.1) is 6.04 Å². The Bertz CT molecular complexity index is 409. The van der Waals surface area contributed by atoms with Crippen LogP contribution in [-0.2, 0) is 9.53 Å². The first-order valence-electron chi connectivity index (χ1n) is 6.02. The van der Waals surface area contributed by atoms with Gasteiger partial charge < -0.3 is 15.2 Å². The Kier molecular flexibility index (Phi) is 6.47. The molecule has 1 amide bonds. The van der Waals surface area contributed by atoms with Gasteiger partial charge >= 0.3 is 6.18 Å². The fourth-order valence-electron chi connectivity index (χ4n) is 1.63. The maximum atomic E-state index is 11.9. The zero-order chi connectivity index (χ0) is 15.0. The van der Waals surface area contributed by atoms with Crippen LogP contribution in [0.5, 0.6) is 0 Å². The minimum Gasteiger partial charge on any atom is -0.396 e. The average Bonchev–Trinajstić information content (AvgIpc) is 2.38. The molecular formula is C13H16F3NO3. The van der Waals surface area contributed by atoms with Crippen LogP contribution in [0.3, 0.4) is 0 Å². The fraction of sp³-hybridized carbons (Fsp3) is 0.462. The predicted molar refractivity (Wildman–Crippen MR) is 65.9 cm³/mol. The maximum absolute atomic E-state index is 11.9. The van der Waals surface area contributed by atoms with Gasteiger partial charge in [-0.3, -0.25) is 4.79 Å². The van der Waals surface area contributed by atoms with Gasteiger partial charge in [-0.15, -0.1) is 0 Å². The van der Waals surface area contributed by atoms with Crippen molar-refractivity contribution in [2.75, 3.05) is 19.8 Å². The largest absolute Gasteiger partial charge is 0.411 e. The molecule has 0 aromatic heterocycles. The Labute approximate surface area is 114 Å². The van der Waals surface area contributed by atoms with Crippen LogP contribution < -0.4 is 5.32 Å². The molecule has 0 radical (unpaired) electrons. The highest BCUT2D eigenvalue weighted by atomic mass is 19.4. The number of alkyl halides is 3. The third-order valence-electron chi connectivity index (χ3n) is 2.45. The molecule has 1 rings (SSSR count). The number of halogens is 3. The van der Waals surface area contributed by atoms with Crippen LogP contribution in [0.2, 0.25) is 0 Å². The highest BCUT2D eigenvalue weighted by Crippen LogP contribution is 2.16. The lowest BCUT2D eigenvalue weighted by Gasteiger charge is -2.18. The zero-order valence-corrected chi connectivity index (χ0v) is 10.7. The second-order valence-electron chi connectivity index (χ2n) is 4.15. The van der Waals surface area contributed by atoms with Crippen LogP contribution in [0.1, 0.15) is 18.0 Å². The predicted octanol–water partition coefficient (Wildman–Crippen LogP) is 1.81. The number of hydrogen-bond donors (Lipinski definition) is 2. The van der Waals surface area contributed by atoms with E-state index in [9.17, 15) is 18.0 Å². The van der Waals surface area contributed by atoms with Gasteiger partial charge in [0.25, 0.3) is 0 Å². The minimum absolute atomic E-state index is 0.150. The summed E-state index contributed by atoms with van der Waals surface area (Å²) in [5.74, 6) is -0.656. The lowest BCUT2D eigenvalue weighted by Crippen LogP contribution is -2.33. The SMILES string of the molecule is O=C(COCC(F)(F)F)NC(CCO)c1ccccc1. The highest BCUT2D eigenvalue weighted by Gasteiger charge is 2.28. The van der Waals surface area contributed by atoms with Crippen molar-refractivity contribution in [1.29, 1.82) is 0 Å². The number of aliphatic hydroxyl groups is 1. The lowest BCUT2D eigenvalue weighted by atomic mass is 10.0. The fourth-order valence-corrected chi connectivity index (χ4v) is 1.63. The van der Waals surface area contributed by atoms with Crippen LogP contribution >= 0.6 is 0 Å². The van der Waals surface area contributed by atoms with E-state index >= 15 is 0 Å². The normalized spacial score (nSPS) is 13.0. The van der Waals surface area contributed by atoms with Gasteiger partial charge in [-0.25, -0.2) is 0 Å². The van der Waals surface area contributed by atoms with Crippen LogP contribution in [0.15, 0.2) is 30.3 Å². The smallest absolute Gasteiger partial charge is 0.396 e. The van der Waals surface area contributed by atoms with Gasteiger partial charge in [0.15, 0.2) is 0 Å². The summed E-state index contributed by atoms with van der Waals surface area (Å²) in [7, 11) is 0. The average molecular weight is 291 g/mol. The van der Waals surface area contributed by atoms with E-state index in [-0.39, 0.29) is 13.0 Å². The molecule has 0 saturated carbocycles. The van der Waals surface area contributed by atoms with Crippen molar-refractivity contribution in [1.82, 2.24) is 5.32 Å². The van der Waals surface area contributed by atoms with Crippen molar-refractivity contribution in [2.24, 2.45) is 0 Å². The van der Waals surface area contributed by atoms with Gasteiger partial charge in [0.1, 0.15) is 13.2 Å². The number of hydrogen-bond acceptors (Lipinski definition) is 3. The molecule has 0 spiro atoms.